The Morgan fingerprint density at radius 1 is 1.25 bits per heavy atom. The predicted molar refractivity (Wildman–Crippen MR) is 78.9 cm³/mol. The van der Waals surface area contributed by atoms with Crippen LogP contribution in [0.1, 0.15) is 26.7 Å². The summed E-state index contributed by atoms with van der Waals surface area (Å²) in [4.78, 5) is 21.1. The quantitative estimate of drug-likeness (QED) is 0.381. The largest absolute Gasteiger partial charge is 0.364 e. The zero-order valence-corrected chi connectivity index (χ0v) is 12.7. The molecule has 6 heteroatoms. The lowest BCUT2D eigenvalue weighted by molar-refractivity contribution is -0.119. The highest BCUT2D eigenvalue weighted by molar-refractivity contribution is 5.91. The molecule has 2 N–H and O–H groups in total. The van der Waals surface area contributed by atoms with Crippen molar-refractivity contribution >= 4 is 11.8 Å². The molecule has 116 valence electrons. The fourth-order valence-electron chi connectivity index (χ4n) is 0.802. The highest BCUT2D eigenvalue weighted by atomic mass is 16.5. The third-order valence-corrected chi connectivity index (χ3v) is 1.94. The molecular weight excluding hydrogens is 260 g/mol. The van der Waals surface area contributed by atoms with Gasteiger partial charge in [0.2, 0.25) is 11.8 Å². The molecule has 0 radical (unpaired) electrons. The molecule has 0 fully saturated rings. The lowest BCUT2D eigenvalue weighted by Crippen LogP contribution is -2.25. The van der Waals surface area contributed by atoms with Crippen LogP contribution in [0.4, 0.5) is 0 Å². The number of carbonyl (C=O) groups excluding carboxylic acids is 2. The second-order valence-electron chi connectivity index (χ2n) is 3.87. The molecule has 0 aliphatic rings. The number of hydrogen-bond donors (Lipinski definition) is 2. The van der Waals surface area contributed by atoms with Gasteiger partial charge in [-0.3, -0.25) is 9.59 Å². The van der Waals surface area contributed by atoms with Crippen molar-refractivity contribution in [3.05, 3.63) is 24.8 Å². The third kappa shape index (κ3) is 16.3. The van der Waals surface area contributed by atoms with E-state index in [9.17, 15) is 9.59 Å². The van der Waals surface area contributed by atoms with E-state index in [1.807, 2.05) is 0 Å². The fourth-order valence-corrected chi connectivity index (χ4v) is 0.802. The maximum absolute atomic E-state index is 10.6. The molecule has 0 saturated heterocycles. The van der Waals surface area contributed by atoms with Crippen molar-refractivity contribution in [2.24, 2.45) is 0 Å². The van der Waals surface area contributed by atoms with Crippen molar-refractivity contribution in [1.82, 2.24) is 10.6 Å². The molecule has 6 nitrogen and oxygen atoms in total. The third-order valence-electron chi connectivity index (χ3n) is 1.94. The second-order valence-corrected chi connectivity index (χ2v) is 3.87. The zero-order chi connectivity index (χ0) is 15.8. The minimum atomic E-state index is -0.193. The Morgan fingerprint density at radius 2 is 1.90 bits per heavy atom. The summed E-state index contributed by atoms with van der Waals surface area (Å²) in [7, 11) is 1.51. The highest BCUT2D eigenvalue weighted by Gasteiger charge is 1.97. The number of carbonyl (C=O) groups is 2. The van der Waals surface area contributed by atoms with Gasteiger partial charge < -0.3 is 20.1 Å². The summed E-state index contributed by atoms with van der Waals surface area (Å²) in [6, 6.07) is 0. The first-order valence-corrected chi connectivity index (χ1v) is 6.40. The Hall–Kier alpha value is -1.66. The molecule has 0 aromatic rings. The van der Waals surface area contributed by atoms with Crippen LogP contribution < -0.4 is 10.6 Å². The number of ether oxygens (including phenoxy) is 2. The van der Waals surface area contributed by atoms with E-state index in [0.29, 0.717) is 12.2 Å². The minimum absolute atomic E-state index is 0.170. The Labute approximate surface area is 121 Å². The van der Waals surface area contributed by atoms with E-state index in [4.69, 9.17) is 4.74 Å². The summed E-state index contributed by atoms with van der Waals surface area (Å²) >= 11 is 0. The highest BCUT2D eigenvalue weighted by Crippen LogP contribution is 1.85. The van der Waals surface area contributed by atoms with E-state index in [0.717, 1.165) is 12.8 Å². The average Bonchev–Trinajstić information content (AvgIpc) is 2.44. The second kappa shape index (κ2) is 15.4. The molecule has 0 aliphatic carbocycles. The summed E-state index contributed by atoms with van der Waals surface area (Å²) in [6.45, 7) is 11.7. The van der Waals surface area contributed by atoms with Gasteiger partial charge >= 0.3 is 0 Å². The summed E-state index contributed by atoms with van der Waals surface area (Å²) < 4.78 is 9.66. The Kier molecular flexibility index (Phi) is 15.9. The van der Waals surface area contributed by atoms with E-state index < -0.39 is 0 Å². The molecule has 0 aliphatic heterocycles. The zero-order valence-electron chi connectivity index (χ0n) is 12.7. The van der Waals surface area contributed by atoms with E-state index in [1.54, 1.807) is 6.92 Å². The van der Waals surface area contributed by atoms with Crippen LogP contribution in [0.2, 0.25) is 0 Å². The van der Waals surface area contributed by atoms with Gasteiger partial charge in [0, 0.05) is 19.3 Å². The van der Waals surface area contributed by atoms with Gasteiger partial charge in [0.05, 0.1) is 0 Å². The van der Waals surface area contributed by atoms with Crippen molar-refractivity contribution in [3.8, 4) is 0 Å². The molecule has 0 rings (SSSR count). The molecule has 0 aromatic heterocycles. The number of amides is 2. The smallest absolute Gasteiger partial charge is 0.248 e. The molecule has 0 heterocycles. The monoisotopic (exact) mass is 286 g/mol. The Morgan fingerprint density at radius 3 is 2.35 bits per heavy atom. The van der Waals surface area contributed by atoms with Crippen LogP contribution in [0.5, 0.6) is 0 Å². The standard InChI is InChI=1S/C8H15NO2.C6H11NO2/c1-3-5-6-11-7-9-8(10)4-2;1-5(2)6(8)7-4-9-3/h4H,2-3,5-7H2,1H3,(H,9,10);1,4H2,2-3H3,(H,7,8). The van der Waals surface area contributed by atoms with Crippen LogP contribution >= 0.6 is 0 Å². The SMILES string of the molecule is C=C(C)C(=O)NCOC.C=CC(=O)NCOCCCC. The summed E-state index contributed by atoms with van der Waals surface area (Å²) in [5.41, 5.74) is 0.493. The van der Waals surface area contributed by atoms with Crippen LogP contribution in [-0.2, 0) is 19.1 Å². The van der Waals surface area contributed by atoms with Gasteiger partial charge in [-0.25, -0.2) is 0 Å². The van der Waals surface area contributed by atoms with Crippen molar-refractivity contribution in [3.63, 3.8) is 0 Å². The van der Waals surface area contributed by atoms with Gasteiger partial charge in [0.1, 0.15) is 13.5 Å². The maximum Gasteiger partial charge on any atom is 0.248 e. The molecule has 0 spiro atoms. The van der Waals surface area contributed by atoms with Crippen LogP contribution in [0.25, 0.3) is 0 Å². The Bertz CT molecular complexity index is 304. The molecule has 2 amide bonds. The van der Waals surface area contributed by atoms with Gasteiger partial charge in [0.25, 0.3) is 0 Å². The Balaban J connectivity index is 0. The number of methoxy groups -OCH3 is 1. The van der Waals surface area contributed by atoms with Crippen molar-refractivity contribution in [2.75, 3.05) is 27.2 Å². The lowest BCUT2D eigenvalue weighted by Gasteiger charge is -2.02. The number of nitrogens with one attached hydrogen (secondary N) is 2. The summed E-state index contributed by atoms with van der Waals surface area (Å²) in [6.07, 6.45) is 3.36. The van der Waals surface area contributed by atoms with Crippen molar-refractivity contribution in [1.29, 1.82) is 0 Å². The van der Waals surface area contributed by atoms with E-state index in [1.165, 1.54) is 13.2 Å². The first-order chi connectivity index (χ1) is 9.49. The average molecular weight is 286 g/mol. The van der Waals surface area contributed by atoms with Gasteiger partial charge in [0.15, 0.2) is 0 Å². The summed E-state index contributed by atoms with van der Waals surface area (Å²) in [5.74, 6) is -0.363. The van der Waals surface area contributed by atoms with Crippen LogP contribution in [0.3, 0.4) is 0 Å². The van der Waals surface area contributed by atoms with Crippen LogP contribution in [0, 0.1) is 0 Å². The molecule has 0 atom stereocenters. The van der Waals surface area contributed by atoms with Gasteiger partial charge in [-0.2, -0.15) is 0 Å². The van der Waals surface area contributed by atoms with E-state index in [-0.39, 0.29) is 25.3 Å². The first-order valence-electron chi connectivity index (χ1n) is 6.40. The molecular formula is C14H26N2O4. The van der Waals surface area contributed by atoms with E-state index >= 15 is 0 Å². The molecule has 0 bridgehead atoms. The van der Waals surface area contributed by atoms with E-state index in [2.05, 4.69) is 35.5 Å². The number of hydrogen-bond acceptors (Lipinski definition) is 4. The van der Waals surface area contributed by atoms with Crippen LogP contribution in [-0.4, -0.2) is 39.0 Å². The normalized spacial score (nSPS) is 8.95. The molecule has 0 unspecified atom stereocenters. The maximum atomic E-state index is 10.6. The summed E-state index contributed by atoms with van der Waals surface area (Å²) in [5, 5.41) is 4.98. The predicted octanol–water partition coefficient (Wildman–Crippen LogP) is 1.35. The fraction of sp³-hybridized carbons (Fsp3) is 0.571. The lowest BCUT2D eigenvalue weighted by atomic mass is 10.3. The van der Waals surface area contributed by atoms with Gasteiger partial charge in [-0.05, 0) is 19.4 Å². The van der Waals surface area contributed by atoms with Crippen molar-refractivity contribution in [2.45, 2.75) is 26.7 Å². The van der Waals surface area contributed by atoms with Crippen LogP contribution in [0.15, 0.2) is 24.8 Å². The molecule has 20 heavy (non-hydrogen) atoms. The molecule has 0 saturated carbocycles. The minimum Gasteiger partial charge on any atom is -0.364 e. The van der Waals surface area contributed by atoms with Gasteiger partial charge in [-0.1, -0.05) is 26.5 Å². The number of rotatable bonds is 9. The molecule has 0 aromatic carbocycles. The topological polar surface area (TPSA) is 76.7 Å². The van der Waals surface area contributed by atoms with Gasteiger partial charge in [-0.15, -0.1) is 0 Å². The number of unbranched alkanes of at least 4 members (excludes halogenated alkanes) is 1. The first kappa shape index (κ1) is 20.7. The van der Waals surface area contributed by atoms with Crippen molar-refractivity contribution < 1.29 is 19.1 Å².